The fourth-order valence-corrected chi connectivity index (χ4v) is 1.08. The minimum Gasteiger partial charge on any atom is -0.349 e. The second kappa shape index (κ2) is 5.41. The maximum absolute atomic E-state index is 11.5. The van der Waals surface area contributed by atoms with Crippen molar-refractivity contribution in [1.82, 2.24) is 14.9 Å². The molecule has 0 saturated carbocycles. The lowest BCUT2D eigenvalue weighted by atomic mass is 10.4. The highest BCUT2D eigenvalue weighted by Crippen LogP contribution is 2.06. The number of carbonyl (C=O) groups excluding carboxylic acids is 1. The van der Waals surface area contributed by atoms with Crippen molar-refractivity contribution in [3.05, 3.63) is 18.1 Å². The molecule has 88 valence electrons. The Morgan fingerprint density at radius 1 is 1.31 bits per heavy atom. The van der Waals surface area contributed by atoms with Crippen molar-refractivity contribution in [3.63, 3.8) is 0 Å². The largest absolute Gasteiger partial charge is 0.349 e. The molecular formula is C10H17N5O. The molecule has 0 saturated heterocycles. The summed E-state index contributed by atoms with van der Waals surface area (Å²) in [6.07, 6.45) is 3.23. The lowest BCUT2D eigenvalue weighted by molar-refractivity contribution is -0.127. The van der Waals surface area contributed by atoms with Crippen LogP contribution in [0.25, 0.3) is 0 Å². The van der Waals surface area contributed by atoms with Gasteiger partial charge in [0.1, 0.15) is 5.82 Å². The van der Waals surface area contributed by atoms with Gasteiger partial charge in [-0.3, -0.25) is 9.78 Å². The van der Waals surface area contributed by atoms with Gasteiger partial charge >= 0.3 is 0 Å². The number of nitrogens with two attached hydrogens (primary N) is 1. The monoisotopic (exact) mass is 223 g/mol. The summed E-state index contributed by atoms with van der Waals surface area (Å²) in [6, 6.07) is 0. The Hall–Kier alpha value is -1.69. The second-order valence-corrected chi connectivity index (χ2v) is 3.71. The first-order valence-electron chi connectivity index (χ1n) is 4.97. The number of hydrogen-bond donors (Lipinski definition) is 1. The van der Waals surface area contributed by atoms with Gasteiger partial charge in [-0.25, -0.2) is 4.98 Å². The number of anilines is 1. The van der Waals surface area contributed by atoms with Gasteiger partial charge in [0.2, 0.25) is 5.91 Å². The van der Waals surface area contributed by atoms with Gasteiger partial charge in [0, 0.05) is 27.7 Å². The zero-order valence-electron chi connectivity index (χ0n) is 9.84. The zero-order chi connectivity index (χ0) is 12.1. The van der Waals surface area contributed by atoms with Crippen LogP contribution < -0.4 is 10.6 Å². The summed E-state index contributed by atoms with van der Waals surface area (Å²) in [6.45, 7) is 0.650. The average Bonchev–Trinajstić information content (AvgIpc) is 2.28. The number of carbonyl (C=O) groups is 1. The van der Waals surface area contributed by atoms with Gasteiger partial charge in [-0.05, 0) is 0 Å². The molecule has 0 aliphatic carbocycles. The molecule has 1 amide bonds. The Morgan fingerprint density at radius 2 is 2.00 bits per heavy atom. The minimum absolute atomic E-state index is 0.0206. The topological polar surface area (TPSA) is 75.4 Å². The molecule has 0 aliphatic heterocycles. The predicted octanol–water partition coefficient (Wildman–Crippen LogP) is -0.540. The highest BCUT2D eigenvalue weighted by molar-refractivity contribution is 5.80. The molecule has 0 radical (unpaired) electrons. The van der Waals surface area contributed by atoms with E-state index in [0.29, 0.717) is 12.4 Å². The standard InChI is InChI=1S/C10H17N5O/c1-14(2)10(16)7-15(3)9-6-12-8(4-11)5-13-9/h5-6H,4,7,11H2,1-3H3. The van der Waals surface area contributed by atoms with E-state index in [0.717, 1.165) is 5.69 Å². The third kappa shape index (κ3) is 3.16. The number of nitrogens with zero attached hydrogens (tertiary/aromatic N) is 4. The van der Waals surface area contributed by atoms with Crippen molar-refractivity contribution in [2.75, 3.05) is 32.6 Å². The molecule has 1 rings (SSSR count). The van der Waals surface area contributed by atoms with Crippen LogP contribution in [0.2, 0.25) is 0 Å². The second-order valence-electron chi connectivity index (χ2n) is 3.71. The average molecular weight is 223 g/mol. The summed E-state index contributed by atoms with van der Waals surface area (Å²) < 4.78 is 0. The van der Waals surface area contributed by atoms with Crippen molar-refractivity contribution in [1.29, 1.82) is 0 Å². The van der Waals surface area contributed by atoms with Crippen molar-refractivity contribution >= 4 is 11.7 Å². The smallest absolute Gasteiger partial charge is 0.241 e. The van der Waals surface area contributed by atoms with E-state index in [2.05, 4.69) is 9.97 Å². The van der Waals surface area contributed by atoms with Crippen molar-refractivity contribution in [3.8, 4) is 0 Å². The van der Waals surface area contributed by atoms with E-state index in [4.69, 9.17) is 5.73 Å². The number of likely N-dealkylation sites (N-methyl/N-ethyl adjacent to an activating group) is 2. The van der Waals surface area contributed by atoms with Crippen molar-refractivity contribution in [2.45, 2.75) is 6.54 Å². The van der Waals surface area contributed by atoms with Crippen LogP contribution in [0.3, 0.4) is 0 Å². The van der Waals surface area contributed by atoms with Crippen molar-refractivity contribution in [2.24, 2.45) is 5.73 Å². The fourth-order valence-electron chi connectivity index (χ4n) is 1.08. The first-order chi connectivity index (χ1) is 7.54. The van der Waals surface area contributed by atoms with E-state index in [-0.39, 0.29) is 12.5 Å². The number of aromatic nitrogens is 2. The van der Waals surface area contributed by atoms with E-state index in [1.54, 1.807) is 38.4 Å². The number of hydrogen-bond acceptors (Lipinski definition) is 5. The van der Waals surface area contributed by atoms with E-state index in [1.807, 2.05) is 0 Å². The lowest BCUT2D eigenvalue weighted by Crippen LogP contribution is -2.34. The van der Waals surface area contributed by atoms with Crippen LogP contribution >= 0.6 is 0 Å². The van der Waals surface area contributed by atoms with Gasteiger partial charge < -0.3 is 15.5 Å². The van der Waals surface area contributed by atoms with Gasteiger partial charge in [-0.2, -0.15) is 0 Å². The Morgan fingerprint density at radius 3 is 2.44 bits per heavy atom. The number of rotatable bonds is 4. The zero-order valence-corrected chi connectivity index (χ0v) is 9.84. The van der Waals surface area contributed by atoms with E-state index < -0.39 is 0 Å². The lowest BCUT2D eigenvalue weighted by Gasteiger charge is -2.19. The summed E-state index contributed by atoms with van der Waals surface area (Å²) in [7, 11) is 5.24. The van der Waals surface area contributed by atoms with Gasteiger partial charge in [-0.1, -0.05) is 0 Å². The molecule has 0 bridgehead atoms. The summed E-state index contributed by atoms with van der Waals surface area (Å²) in [5.74, 6) is 0.680. The van der Waals surface area contributed by atoms with Crippen LogP contribution in [0.15, 0.2) is 12.4 Å². The molecule has 0 spiro atoms. The van der Waals surface area contributed by atoms with Gasteiger partial charge in [0.05, 0.1) is 24.6 Å². The predicted molar refractivity (Wildman–Crippen MR) is 61.9 cm³/mol. The molecule has 2 N–H and O–H groups in total. The van der Waals surface area contributed by atoms with Crippen LogP contribution in [-0.2, 0) is 11.3 Å². The first-order valence-corrected chi connectivity index (χ1v) is 4.97. The van der Waals surface area contributed by atoms with Crippen LogP contribution in [-0.4, -0.2) is 48.5 Å². The Bertz CT molecular complexity index is 349. The Balaban J connectivity index is 2.65. The fraction of sp³-hybridized carbons (Fsp3) is 0.500. The molecule has 0 aliphatic rings. The summed E-state index contributed by atoms with van der Waals surface area (Å²) in [5, 5.41) is 0. The molecule has 6 heteroatoms. The maximum atomic E-state index is 11.5. The Labute approximate surface area is 95.1 Å². The summed E-state index contributed by atoms with van der Waals surface area (Å²) in [5.41, 5.74) is 6.15. The van der Waals surface area contributed by atoms with Crippen molar-refractivity contribution < 1.29 is 4.79 Å². The maximum Gasteiger partial charge on any atom is 0.241 e. The van der Waals surface area contributed by atoms with Gasteiger partial charge in [-0.15, -0.1) is 0 Å². The van der Waals surface area contributed by atoms with E-state index in [1.165, 1.54) is 4.90 Å². The minimum atomic E-state index is 0.0206. The highest BCUT2D eigenvalue weighted by atomic mass is 16.2. The van der Waals surface area contributed by atoms with Gasteiger partial charge in [0.25, 0.3) is 0 Å². The molecule has 0 unspecified atom stereocenters. The molecule has 16 heavy (non-hydrogen) atoms. The highest BCUT2D eigenvalue weighted by Gasteiger charge is 2.10. The van der Waals surface area contributed by atoms with Crippen LogP contribution in [0, 0.1) is 0 Å². The molecule has 0 fully saturated rings. The summed E-state index contributed by atoms with van der Waals surface area (Å²) >= 11 is 0. The van der Waals surface area contributed by atoms with E-state index in [9.17, 15) is 4.79 Å². The van der Waals surface area contributed by atoms with Gasteiger partial charge in [0.15, 0.2) is 0 Å². The third-order valence-electron chi connectivity index (χ3n) is 2.16. The van der Waals surface area contributed by atoms with Crippen LogP contribution in [0.5, 0.6) is 0 Å². The van der Waals surface area contributed by atoms with Crippen LogP contribution in [0.4, 0.5) is 5.82 Å². The third-order valence-corrected chi connectivity index (χ3v) is 2.16. The molecule has 1 aromatic heterocycles. The quantitative estimate of drug-likeness (QED) is 0.742. The normalized spacial score (nSPS) is 10.0. The molecular weight excluding hydrogens is 206 g/mol. The molecule has 6 nitrogen and oxygen atoms in total. The van der Waals surface area contributed by atoms with Crippen LogP contribution in [0.1, 0.15) is 5.69 Å². The SMILES string of the molecule is CN(C)C(=O)CN(C)c1cnc(CN)cn1. The Kier molecular flexibility index (Phi) is 4.19. The molecule has 0 aromatic carbocycles. The molecule has 1 aromatic rings. The molecule has 0 atom stereocenters. The molecule has 1 heterocycles. The summed E-state index contributed by atoms with van der Waals surface area (Å²) in [4.78, 5) is 23.0. The first kappa shape index (κ1) is 12.4. The van der Waals surface area contributed by atoms with E-state index >= 15 is 0 Å². The number of amides is 1.